The average Bonchev–Trinajstić information content (AvgIpc) is 2.17. The first kappa shape index (κ1) is 11.9. The number of halogens is 1. The van der Waals surface area contributed by atoms with E-state index in [-0.39, 0.29) is 5.91 Å². The molecule has 0 saturated carbocycles. The molecule has 4 heteroatoms. The van der Waals surface area contributed by atoms with Crippen molar-refractivity contribution in [1.82, 2.24) is 10.3 Å². The van der Waals surface area contributed by atoms with Crippen molar-refractivity contribution in [3.63, 3.8) is 0 Å². The van der Waals surface area contributed by atoms with E-state index in [1.165, 1.54) is 5.57 Å². The zero-order chi connectivity index (χ0) is 11.3. The highest BCUT2D eigenvalue weighted by atomic mass is 79.9. The van der Waals surface area contributed by atoms with Crippen molar-refractivity contribution in [3.8, 4) is 0 Å². The SMILES string of the molecule is CC(C)=CCNC(=O)c1cccnc1Br. The lowest BCUT2D eigenvalue weighted by atomic mass is 10.2. The average molecular weight is 269 g/mol. The van der Waals surface area contributed by atoms with E-state index in [0.29, 0.717) is 16.7 Å². The van der Waals surface area contributed by atoms with Gasteiger partial charge in [-0.05, 0) is 41.9 Å². The summed E-state index contributed by atoms with van der Waals surface area (Å²) < 4.78 is 0.569. The van der Waals surface area contributed by atoms with Crippen LogP contribution in [0.5, 0.6) is 0 Å². The standard InChI is InChI=1S/C11H13BrN2O/c1-8(2)5-7-14-11(15)9-4-3-6-13-10(9)12/h3-6H,7H2,1-2H3,(H,14,15). The second-order valence-electron chi connectivity index (χ2n) is 3.33. The van der Waals surface area contributed by atoms with Crippen LogP contribution < -0.4 is 5.32 Å². The molecule has 0 aliphatic rings. The predicted octanol–water partition coefficient (Wildman–Crippen LogP) is 2.54. The summed E-state index contributed by atoms with van der Waals surface area (Å²) >= 11 is 3.23. The molecule has 80 valence electrons. The summed E-state index contributed by atoms with van der Waals surface area (Å²) in [5, 5.41) is 2.79. The maximum absolute atomic E-state index is 11.6. The van der Waals surface area contributed by atoms with Gasteiger partial charge in [0, 0.05) is 12.7 Å². The highest BCUT2D eigenvalue weighted by Gasteiger charge is 2.08. The molecule has 1 aromatic rings. The fourth-order valence-corrected chi connectivity index (χ4v) is 1.43. The minimum absolute atomic E-state index is 0.118. The monoisotopic (exact) mass is 268 g/mol. The van der Waals surface area contributed by atoms with Gasteiger partial charge in [0.15, 0.2) is 0 Å². The number of nitrogens with zero attached hydrogens (tertiary/aromatic N) is 1. The summed E-state index contributed by atoms with van der Waals surface area (Å²) in [5.41, 5.74) is 1.74. The highest BCUT2D eigenvalue weighted by Crippen LogP contribution is 2.11. The van der Waals surface area contributed by atoms with Crippen LogP contribution in [-0.2, 0) is 0 Å². The van der Waals surface area contributed by atoms with Crippen molar-refractivity contribution in [1.29, 1.82) is 0 Å². The minimum Gasteiger partial charge on any atom is -0.348 e. The summed E-state index contributed by atoms with van der Waals surface area (Å²) in [7, 11) is 0. The number of pyridine rings is 1. The normalized spacial score (nSPS) is 9.53. The van der Waals surface area contributed by atoms with Gasteiger partial charge in [-0.15, -0.1) is 0 Å². The zero-order valence-electron chi connectivity index (χ0n) is 8.75. The lowest BCUT2D eigenvalue weighted by Gasteiger charge is -2.03. The lowest BCUT2D eigenvalue weighted by molar-refractivity contribution is 0.0957. The number of aromatic nitrogens is 1. The molecule has 1 heterocycles. The molecule has 1 aromatic heterocycles. The van der Waals surface area contributed by atoms with Crippen LogP contribution in [0.2, 0.25) is 0 Å². The number of amides is 1. The van der Waals surface area contributed by atoms with Gasteiger partial charge in [-0.3, -0.25) is 4.79 Å². The molecule has 0 bridgehead atoms. The number of nitrogens with one attached hydrogen (secondary N) is 1. The van der Waals surface area contributed by atoms with E-state index in [9.17, 15) is 4.79 Å². The molecule has 0 aliphatic carbocycles. The predicted molar refractivity (Wildman–Crippen MR) is 63.7 cm³/mol. The number of hydrogen-bond donors (Lipinski definition) is 1. The van der Waals surface area contributed by atoms with Crippen LogP contribution in [0.3, 0.4) is 0 Å². The van der Waals surface area contributed by atoms with Gasteiger partial charge >= 0.3 is 0 Å². The van der Waals surface area contributed by atoms with Crippen LogP contribution in [0.1, 0.15) is 24.2 Å². The molecule has 0 spiro atoms. The van der Waals surface area contributed by atoms with Crippen LogP contribution in [0.25, 0.3) is 0 Å². The van der Waals surface area contributed by atoms with Crippen molar-refractivity contribution in [2.75, 3.05) is 6.54 Å². The Bertz CT molecular complexity index is 384. The summed E-state index contributed by atoms with van der Waals surface area (Å²) in [6, 6.07) is 3.47. The maximum Gasteiger partial charge on any atom is 0.254 e. The Balaban J connectivity index is 2.62. The van der Waals surface area contributed by atoms with Gasteiger partial charge in [-0.2, -0.15) is 0 Å². The van der Waals surface area contributed by atoms with E-state index in [1.807, 2.05) is 19.9 Å². The topological polar surface area (TPSA) is 42.0 Å². The molecular weight excluding hydrogens is 256 g/mol. The molecule has 15 heavy (non-hydrogen) atoms. The van der Waals surface area contributed by atoms with E-state index in [4.69, 9.17) is 0 Å². The smallest absolute Gasteiger partial charge is 0.254 e. The third-order valence-electron chi connectivity index (χ3n) is 1.78. The lowest BCUT2D eigenvalue weighted by Crippen LogP contribution is -2.24. The van der Waals surface area contributed by atoms with E-state index in [0.717, 1.165) is 0 Å². The molecule has 0 fully saturated rings. The quantitative estimate of drug-likeness (QED) is 0.676. The van der Waals surface area contributed by atoms with Gasteiger partial charge < -0.3 is 5.32 Å². The van der Waals surface area contributed by atoms with Crippen LogP contribution in [0, 0.1) is 0 Å². The van der Waals surface area contributed by atoms with Crippen molar-refractivity contribution in [2.45, 2.75) is 13.8 Å². The second-order valence-corrected chi connectivity index (χ2v) is 4.08. The fraction of sp³-hybridized carbons (Fsp3) is 0.273. The Kier molecular flexibility index (Phi) is 4.49. The summed E-state index contributed by atoms with van der Waals surface area (Å²) in [6.07, 6.45) is 3.60. The number of carbonyl (C=O) groups excluding carboxylic acids is 1. The van der Waals surface area contributed by atoms with Crippen molar-refractivity contribution in [3.05, 3.63) is 40.1 Å². The van der Waals surface area contributed by atoms with Crippen molar-refractivity contribution in [2.24, 2.45) is 0 Å². The second kappa shape index (κ2) is 5.66. The first-order valence-electron chi connectivity index (χ1n) is 4.63. The number of rotatable bonds is 3. The molecule has 3 nitrogen and oxygen atoms in total. The van der Waals surface area contributed by atoms with Gasteiger partial charge in [0.1, 0.15) is 4.60 Å². The van der Waals surface area contributed by atoms with Gasteiger partial charge in [0.2, 0.25) is 0 Å². The Hall–Kier alpha value is -1.16. The Morgan fingerprint density at radius 3 is 2.93 bits per heavy atom. The number of allylic oxidation sites excluding steroid dienone is 1. The molecule has 1 amide bonds. The molecule has 0 radical (unpaired) electrons. The third kappa shape index (κ3) is 3.83. The summed E-state index contributed by atoms with van der Waals surface area (Å²) in [4.78, 5) is 15.6. The van der Waals surface area contributed by atoms with Gasteiger partial charge in [0.25, 0.3) is 5.91 Å². The third-order valence-corrected chi connectivity index (χ3v) is 2.41. The van der Waals surface area contributed by atoms with Crippen LogP contribution in [0.15, 0.2) is 34.6 Å². The van der Waals surface area contributed by atoms with E-state index in [2.05, 4.69) is 26.2 Å². The molecule has 0 saturated heterocycles. The van der Waals surface area contributed by atoms with E-state index < -0.39 is 0 Å². The fourth-order valence-electron chi connectivity index (χ4n) is 0.998. The Labute approximate surface area is 97.7 Å². The van der Waals surface area contributed by atoms with Crippen LogP contribution >= 0.6 is 15.9 Å². The Morgan fingerprint density at radius 1 is 1.60 bits per heavy atom. The first-order chi connectivity index (χ1) is 7.11. The molecule has 1 N–H and O–H groups in total. The molecule has 1 rings (SSSR count). The first-order valence-corrected chi connectivity index (χ1v) is 5.42. The Morgan fingerprint density at radius 2 is 2.33 bits per heavy atom. The van der Waals surface area contributed by atoms with Gasteiger partial charge in [0.05, 0.1) is 5.56 Å². The zero-order valence-corrected chi connectivity index (χ0v) is 10.3. The summed E-state index contributed by atoms with van der Waals surface area (Å²) in [5.74, 6) is -0.118. The maximum atomic E-state index is 11.6. The number of carbonyl (C=O) groups is 1. The van der Waals surface area contributed by atoms with Gasteiger partial charge in [-0.25, -0.2) is 4.98 Å². The van der Waals surface area contributed by atoms with Crippen LogP contribution in [-0.4, -0.2) is 17.4 Å². The largest absolute Gasteiger partial charge is 0.348 e. The highest BCUT2D eigenvalue weighted by molar-refractivity contribution is 9.10. The van der Waals surface area contributed by atoms with Crippen molar-refractivity contribution >= 4 is 21.8 Å². The molecule has 0 atom stereocenters. The molecule has 0 aromatic carbocycles. The summed E-state index contributed by atoms with van der Waals surface area (Å²) in [6.45, 7) is 4.53. The number of hydrogen-bond acceptors (Lipinski definition) is 2. The molecular formula is C11H13BrN2O. The van der Waals surface area contributed by atoms with Gasteiger partial charge in [-0.1, -0.05) is 11.6 Å². The molecule has 0 aliphatic heterocycles. The van der Waals surface area contributed by atoms with Crippen molar-refractivity contribution < 1.29 is 4.79 Å². The molecule has 0 unspecified atom stereocenters. The van der Waals surface area contributed by atoms with Crippen LogP contribution in [0.4, 0.5) is 0 Å². The minimum atomic E-state index is -0.118. The van der Waals surface area contributed by atoms with E-state index in [1.54, 1.807) is 18.3 Å². The van der Waals surface area contributed by atoms with E-state index >= 15 is 0 Å².